The molecule has 1 fully saturated rings. The summed E-state index contributed by atoms with van der Waals surface area (Å²) in [6, 6.07) is 1.87. The summed E-state index contributed by atoms with van der Waals surface area (Å²) in [7, 11) is 0. The molecule has 0 saturated carbocycles. The minimum Gasteiger partial charge on any atom is -0.350 e. The quantitative estimate of drug-likeness (QED) is 0.838. The molecular weight excluding hydrogens is 222 g/mol. The molecule has 0 atom stereocenters. The fourth-order valence-corrected chi connectivity index (χ4v) is 3.07. The van der Waals surface area contributed by atoms with E-state index in [1.807, 2.05) is 17.8 Å². The van der Waals surface area contributed by atoms with Gasteiger partial charge < -0.3 is 5.32 Å². The SMILES string of the molecule is O=C(CC1CCSCC1)NCc1ccn[nH]1. The van der Waals surface area contributed by atoms with Gasteiger partial charge in [-0.1, -0.05) is 0 Å². The number of hydrogen-bond acceptors (Lipinski definition) is 3. The van der Waals surface area contributed by atoms with E-state index in [2.05, 4.69) is 15.5 Å². The number of H-pyrrole nitrogens is 1. The van der Waals surface area contributed by atoms with Gasteiger partial charge in [0.05, 0.1) is 12.2 Å². The molecular formula is C11H17N3OS. The summed E-state index contributed by atoms with van der Waals surface area (Å²) in [4.78, 5) is 11.7. The number of aromatic nitrogens is 2. The van der Waals surface area contributed by atoms with Crippen LogP contribution in [-0.4, -0.2) is 27.6 Å². The van der Waals surface area contributed by atoms with Gasteiger partial charge in [0.15, 0.2) is 0 Å². The number of nitrogens with one attached hydrogen (secondary N) is 2. The Kier molecular flexibility index (Phi) is 4.27. The van der Waals surface area contributed by atoms with Crippen LogP contribution in [0.25, 0.3) is 0 Å². The summed E-state index contributed by atoms with van der Waals surface area (Å²) in [6.07, 6.45) is 4.73. The van der Waals surface area contributed by atoms with Gasteiger partial charge in [0.2, 0.25) is 5.91 Å². The molecule has 0 aromatic carbocycles. The fourth-order valence-electron chi connectivity index (χ4n) is 1.86. The lowest BCUT2D eigenvalue weighted by molar-refractivity contribution is -0.122. The molecule has 1 aromatic heterocycles. The van der Waals surface area contributed by atoms with Crippen molar-refractivity contribution in [1.29, 1.82) is 0 Å². The number of carbonyl (C=O) groups excluding carboxylic acids is 1. The van der Waals surface area contributed by atoms with Crippen LogP contribution in [0.3, 0.4) is 0 Å². The van der Waals surface area contributed by atoms with Gasteiger partial charge in [-0.3, -0.25) is 9.89 Å². The Bertz CT molecular complexity index is 320. The molecule has 0 radical (unpaired) electrons. The van der Waals surface area contributed by atoms with Gasteiger partial charge in [-0.15, -0.1) is 0 Å². The van der Waals surface area contributed by atoms with E-state index in [1.165, 1.54) is 24.3 Å². The molecule has 2 heterocycles. The molecule has 1 saturated heterocycles. The van der Waals surface area contributed by atoms with Crippen molar-refractivity contribution in [3.63, 3.8) is 0 Å². The van der Waals surface area contributed by atoms with Crippen LogP contribution >= 0.6 is 11.8 Å². The molecule has 0 bridgehead atoms. The van der Waals surface area contributed by atoms with Crippen molar-refractivity contribution in [3.05, 3.63) is 18.0 Å². The van der Waals surface area contributed by atoms with Crippen LogP contribution < -0.4 is 5.32 Å². The molecule has 2 N–H and O–H groups in total. The lowest BCUT2D eigenvalue weighted by Crippen LogP contribution is -2.26. The van der Waals surface area contributed by atoms with Crippen molar-refractivity contribution in [2.75, 3.05) is 11.5 Å². The van der Waals surface area contributed by atoms with Gasteiger partial charge in [-0.25, -0.2) is 0 Å². The van der Waals surface area contributed by atoms with Crippen molar-refractivity contribution >= 4 is 17.7 Å². The van der Waals surface area contributed by atoms with Gasteiger partial charge in [0.25, 0.3) is 0 Å². The Morgan fingerprint density at radius 1 is 1.56 bits per heavy atom. The molecule has 1 aromatic rings. The Labute approximate surface area is 99.6 Å². The van der Waals surface area contributed by atoms with Crippen LogP contribution in [0.2, 0.25) is 0 Å². The van der Waals surface area contributed by atoms with Crippen molar-refractivity contribution in [2.24, 2.45) is 5.92 Å². The van der Waals surface area contributed by atoms with Crippen molar-refractivity contribution in [3.8, 4) is 0 Å². The van der Waals surface area contributed by atoms with Crippen molar-refractivity contribution < 1.29 is 4.79 Å². The molecule has 0 spiro atoms. The monoisotopic (exact) mass is 239 g/mol. The van der Waals surface area contributed by atoms with Gasteiger partial charge in [-0.2, -0.15) is 16.9 Å². The van der Waals surface area contributed by atoms with Gasteiger partial charge >= 0.3 is 0 Å². The molecule has 1 amide bonds. The number of hydrogen-bond donors (Lipinski definition) is 2. The summed E-state index contributed by atoms with van der Waals surface area (Å²) in [6.45, 7) is 0.556. The Hall–Kier alpha value is -0.970. The third-order valence-corrected chi connectivity index (χ3v) is 3.90. The summed E-state index contributed by atoms with van der Waals surface area (Å²) in [5, 5.41) is 9.58. The molecule has 1 aliphatic rings. The normalized spacial score (nSPS) is 17.2. The zero-order valence-corrected chi connectivity index (χ0v) is 10.1. The zero-order valence-electron chi connectivity index (χ0n) is 9.24. The van der Waals surface area contributed by atoms with Gasteiger partial charge in [0, 0.05) is 12.6 Å². The largest absolute Gasteiger partial charge is 0.350 e. The zero-order chi connectivity index (χ0) is 11.2. The van der Waals surface area contributed by atoms with E-state index in [1.54, 1.807) is 6.20 Å². The predicted octanol–water partition coefficient (Wildman–Crippen LogP) is 1.56. The fraction of sp³-hybridized carbons (Fsp3) is 0.636. The lowest BCUT2D eigenvalue weighted by Gasteiger charge is -2.20. The molecule has 88 valence electrons. The third kappa shape index (κ3) is 3.56. The van der Waals surface area contributed by atoms with E-state index < -0.39 is 0 Å². The topological polar surface area (TPSA) is 57.8 Å². The predicted molar refractivity (Wildman–Crippen MR) is 65.1 cm³/mol. The maximum Gasteiger partial charge on any atom is 0.220 e. The number of thioether (sulfide) groups is 1. The first kappa shape index (κ1) is 11.5. The maximum absolute atomic E-state index is 11.7. The molecule has 0 aliphatic carbocycles. The summed E-state index contributed by atoms with van der Waals surface area (Å²) < 4.78 is 0. The molecule has 4 nitrogen and oxygen atoms in total. The molecule has 2 rings (SSSR count). The summed E-state index contributed by atoms with van der Waals surface area (Å²) in [5.74, 6) is 3.16. The average molecular weight is 239 g/mol. The van der Waals surface area contributed by atoms with Crippen molar-refractivity contribution in [1.82, 2.24) is 15.5 Å². The van der Waals surface area contributed by atoms with E-state index in [4.69, 9.17) is 0 Å². The molecule has 5 heteroatoms. The minimum absolute atomic E-state index is 0.159. The number of amides is 1. The first-order valence-electron chi connectivity index (χ1n) is 5.67. The van der Waals surface area contributed by atoms with Crippen molar-refractivity contribution in [2.45, 2.75) is 25.8 Å². The highest BCUT2D eigenvalue weighted by Crippen LogP contribution is 2.24. The maximum atomic E-state index is 11.7. The molecule has 16 heavy (non-hydrogen) atoms. The second kappa shape index (κ2) is 5.94. The van der Waals surface area contributed by atoms with E-state index in [0.717, 1.165) is 5.69 Å². The van der Waals surface area contributed by atoms with Crippen LogP contribution in [0.5, 0.6) is 0 Å². The van der Waals surface area contributed by atoms with Gasteiger partial charge in [0.1, 0.15) is 0 Å². The number of rotatable bonds is 4. The van der Waals surface area contributed by atoms with Crippen LogP contribution in [0.15, 0.2) is 12.3 Å². The third-order valence-electron chi connectivity index (χ3n) is 2.85. The van der Waals surface area contributed by atoms with Crippen LogP contribution in [-0.2, 0) is 11.3 Å². The van der Waals surface area contributed by atoms with E-state index >= 15 is 0 Å². The lowest BCUT2D eigenvalue weighted by atomic mass is 9.98. The van der Waals surface area contributed by atoms with Crippen LogP contribution in [0.1, 0.15) is 25.0 Å². The first-order valence-corrected chi connectivity index (χ1v) is 6.83. The average Bonchev–Trinajstić information content (AvgIpc) is 2.81. The second-order valence-corrected chi connectivity index (χ2v) is 5.34. The highest BCUT2D eigenvalue weighted by Gasteiger charge is 2.16. The van der Waals surface area contributed by atoms with Crippen LogP contribution in [0, 0.1) is 5.92 Å². The van der Waals surface area contributed by atoms with Crippen LogP contribution in [0.4, 0.5) is 0 Å². The summed E-state index contributed by atoms with van der Waals surface area (Å²) in [5.41, 5.74) is 0.951. The van der Waals surface area contributed by atoms with E-state index in [-0.39, 0.29) is 5.91 Å². The number of carbonyl (C=O) groups is 1. The Morgan fingerprint density at radius 3 is 3.06 bits per heavy atom. The highest BCUT2D eigenvalue weighted by molar-refractivity contribution is 7.99. The Balaban J connectivity index is 1.67. The second-order valence-electron chi connectivity index (χ2n) is 4.12. The van der Waals surface area contributed by atoms with E-state index in [0.29, 0.717) is 18.9 Å². The highest BCUT2D eigenvalue weighted by atomic mass is 32.2. The number of nitrogens with zero attached hydrogens (tertiary/aromatic N) is 1. The van der Waals surface area contributed by atoms with E-state index in [9.17, 15) is 4.79 Å². The smallest absolute Gasteiger partial charge is 0.220 e. The first-order chi connectivity index (χ1) is 7.84. The number of aromatic amines is 1. The Morgan fingerprint density at radius 2 is 2.38 bits per heavy atom. The summed E-state index contributed by atoms with van der Waals surface area (Å²) >= 11 is 1.99. The minimum atomic E-state index is 0.159. The molecule has 0 unspecified atom stereocenters. The molecule has 1 aliphatic heterocycles. The standard InChI is InChI=1S/C11H17N3OS/c15-11(7-9-2-5-16-6-3-9)12-8-10-1-4-13-14-10/h1,4,9H,2-3,5-8H2,(H,12,15)(H,13,14). The van der Waals surface area contributed by atoms with Gasteiger partial charge in [-0.05, 0) is 36.3 Å².